The molecule has 0 aliphatic carbocycles. The van der Waals surface area contributed by atoms with Crippen LogP contribution in [0.4, 0.5) is 5.95 Å². The van der Waals surface area contributed by atoms with E-state index in [1.807, 2.05) is 54.6 Å². The molecule has 1 aliphatic rings. The van der Waals surface area contributed by atoms with Crippen molar-refractivity contribution in [2.24, 2.45) is 0 Å². The second-order valence-electron chi connectivity index (χ2n) is 7.30. The fourth-order valence-corrected chi connectivity index (χ4v) is 3.97. The van der Waals surface area contributed by atoms with Crippen LogP contribution in [0.2, 0.25) is 0 Å². The molecule has 1 aromatic heterocycles. The van der Waals surface area contributed by atoms with Crippen LogP contribution in [0.5, 0.6) is 0 Å². The van der Waals surface area contributed by atoms with E-state index in [4.69, 9.17) is 5.73 Å². The van der Waals surface area contributed by atoms with Crippen LogP contribution >= 0.6 is 0 Å². The van der Waals surface area contributed by atoms with Crippen molar-refractivity contribution in [1.29, 1.82) is 0 Å². The molecule has 146 valence electrons. The Morgan fingerprint density at radius 3 is 2.37 bits per heavy atom. The van der Waals surface area contributed by atoms with Gasteiger partial charge in [0.1, 0.15) is 5.69 Å². The summed E-state index contributed by atoms with van der Waals surface area (Å²) >= 11 is 0. The highest BCUT2D eigenvalue weighted by Crippen LogP contribution is 2.30. The maximum Gasteiger partial charge on any atom is 0.273 e. The Balaban J connectivity index is 1.61. The number of nitrogens with zero attached hydrogens (tertiary/aromatic N) is 3. The lowest BCUT2D eigenvalue weighted by atomic mass is 9.98. The Labute approximate surface area is 173 Å². The largest absolute Gasteiger partial charge is 0.368 e. The number of aromatic nitrogens is 2. The van der Waals surface area contributed by atoms with E-state index in [1.54, 1.807) is 17.0 Å². The molecule has 0 saturated carbocycles. The number of benzene rings is 3. The molecule has 4 aromatic rings. The van der Waals surface area contributed by atoms with Gasteiger partial charge in [0.15, 0.2) is 6.29 Å². The normalized spacial score (nSPS) is 12.7. The molecule has 0 bridgehead atoms. The lowest BCUT2D eigenvalue weighted by Gasteiger charge is -2.17. The van der Waals surface area contributed by atoms with Gasteiger partial charge in [-0.2, -0.15) is 0 Å². The van der Waals surface area contributed by atoms with Gasteiger partial charge in [-0.25, -0.2) is 9.97 Å². The van der Waals surface area contributed by atoms with E-state index in [-0.39, 0.29) is 17.5 Å². The first-order chi connectivity index (χ1) is 14.6. The average molecular weight is 394 g/mol. The summed E-state index contributed by atoms with van der Waals surface area (Å²) in [5.41, 5.74) is 11.2. The first-order valence-corrected chi connectivity index (χ1v) is 9.62. The monoisotopic (exact) mass is 394 g/mol. The number of fused-ring (bicyclic) bond motifs is 2. The van der Waals surface area contributed by atoms with Crippen LogP contribution in [-0.2, 0) is 13.1 Å². The third-order valence-electron chi connectivity index (χ3n) is 5.44. The molecule has 6 heteroatoms. The number of anilines is 1. The maximum absolute atomic E-state index is 13.4. The number of carbonyl (C=O) groups is 2. The van der Waals surface area contributed by atoms with Crippen LogP contribution in [0.3, 0.4) is 0 Å². The number of amides is 1. The maximum atomic E-state index is 13.4. The number of nitrogens with two attached hydrogens (primary N) is 1. The molecule has 0 atom stereocenters. The quantitative estimate of drug-likeness (QED) is 0.533. The molecule has 5 rings (SSSR count). The minimum atomic E-state index is -0.189. The molecule has 1 aliphatic heterocycles. The first-order valence-electron chi connectivity index (χ1n) is 9.62. The van der Waals surface area contributed by atoms with Crippen molar-refractivity contribution in [3.05, 3.63) is 89.1 Å². The summed E-state index contributed by atoms with van der Waals surface area (Å²) in [6, 6.07) is 20.9. The van der Waals surface area contributed by atoms with Crippen molar-refractivity contribution >= 4 is 29.0 Å². The van der Waals surface area contributed by atoms with Gasteiger partial charge in [-0.15, -0.1) is 0 Å². The molecule has 0 unspecified atom stereocenters. The molecular weight excluding hydrogens is 376 g/mol. The minimum Gasteiger partial charge on any atom is -0.368 e. The van der Waals surface area contributed by atoms with Crippen molar-refractivity contribution in [3.8, 4) is 11.1 Å². The number of nitrogen functional groups attached to an aromatic ring is 1. The summed E-state index contributed by atoms with van der Waals surface area (Å²) < 4.78 is 0. The highest BCUT2D eigenvalue weighted by atomic mass is 16.2. The summed E-state index contributed by atoms with van der Waals surface area (Å²) in [5.74, 6) is -0.130. The molecule has 0 saturated heterocycles. The van der Waals surface area contributed by atoms with Crippen molar-refractivity contribution in [1.82, 2.24) is 14.9 Å². The summed E-state index contributed by atoms with van der Waals surface area (Å²) in [6.45, 7) is 1.07. The van der Waals surface area contributed by atoms with Crippen LogP contribution in [0.15, 0.2) is 66.7 Å². The second kappa shape index (κ2) is 7.08. The van der Waals surface area contributed by atoms with Gasteiger partial charge >= 0.3 is 0 Å². The molecule has 1 amide bonds. The third-order valence-corrected chi connectivity index (χ3v) is 5.44. The van der Waals surface area contributed by atoms with Crippen molar-refractivity contribution in [2.75, 3.05) is 5.73 Å². The second-order valence-corrected chi connectivity index (χ2v) is 7.30. The zero-order valence-corrected chi connectivity index (χ0v) is 16.1. The van der Waals surface area contributed by atoms with E-state index in [0.717, 1.165) is 28.5 Å². The first kappa shape index (κ1) is 18.0. The number of aldehydes is 1. The summed E-state index contributed by atoms with van der Waals surface area (Å²) in [6.07, 6.45) is 0.826. The lowest BCUT2D eigenvalue weighted by molar-refractivity contribution is 0.0747. The SMILES string of the molecule is Nc1nc(C(=O)N2Cc3ccccc3C2)c2cc(-c3ccccc3C=O)ccc2n1. The Kier molecular flexibility index (Phi) is 4.25. The average Bonchev–Trinajstić information content (AvgIpc) is 3.22. The number of hydrogen-bond donors (Lipinski definition) is 1. The van der Waals surface area contributed by atoms with E-state index in [2.05, 4.69) is 9.97 Å². The Morgan fingerprint density at radius 1 is 0.933 bits per heavy atom. The predicted molar refractivity (Wildman–Crippen MR) is 115 cm³/mol. The molecule has 30 heavy (non-hydrogen) atoms. The molecule has 0 fully saturated rings. The van der Waals surface area contributed by atoms with E-state index < -0.39 is 0 Å². The minimum absolute atomic E-state index is 0.0589. The lowest BCUT2D eigenvalue weighted by Crippen LogP contribution is -2.27. The van der Waals surface area contributed by atoms with Crippen molar-refractivity contribution in [3.63, 3.8) is 0 Å². The van der Waals surface area contributed by atoms with Crippen molar-refractivity contribution in [2.45, 2.75) is 13.1 Å². The summed E-state index contributed by atoms with van der Waals surface area (Å²) in [7, 11) is 0. The molecule has 0 spiro atoms. The van der Waals surface area contributed by atoms with Gasteiger partial charge in [0.05, 0.1) is 5.52 Å². The van der Waals surface area contributed by atoms with Gasteiger partial charge in [0.2, 0.25) is 5.95 Å². The zero-order chi connectivity index (χ0) is 20.7. The molecule has 0 radical (unpaired) electrons. The van der Waals surface area contributed by atoms with Gasteiger partial charge in [-0.05, 0) is 34.4 Å². The zero-order valence-electron chi connectivity index (χ0n) is 16.1. The number of carbonyl (C=O) groups excluding carboxylic acids is 2. The predicted octanol–water partition coefficient (Wildman–Crippen LogP) is 3.85. The fourth-order valence-electron chi connectivity index (χ4n) is 3.97. The number of hydrogen-bond acceptors (Lipinski definition) is 5. The molecular formula is C24H18N4O2. The molecule has 2 N–H and O–H groups in total. The Bertz CT molecular complexity index is 1290. The van der Waals surface area contributed by atoms with Gasteiger partial charge in [-0.3, -0.25) is 9.59 Å². The highest BCUT2D eigenvalue weighted by molar-refractivity contribution is 6.06. The van der Waals surface area contributed by atoms with Gasteiger partial charge < -0.3 is 10.6 Å². The van der Waals surface area contributed by atoms with E-state index in [0.29, 0.717) is 29.6 Å². The molecule has 3 aromatic carbocycles. The topological polar surface area (TPSA) is 89.2 Å². The van der Waals surface area contributed by atoms with Gasteiger partial charge in [0, 0.05) is 24.0 Å². The Morgan fingerprint density at radius 2 is 1.63 bits per heavy atom. The third kappa shape index (κ3) is 2.99. The fraction of sp³-hybridized carbons (Fsp3) is 0.0833. The smallest absolute Gasteiger partial charge is 0.273 e. The van der Waals surface area contributed by atoms with Gasteiger partial charge in [-0.1, -0.05) is 54.6 Å². The standard InChI is InChI=1S/C24H18N4O2/c25-24-26-21-10-9-15(19-8-4-3-7-18(19)14-29)11-20(21)22(27-24)23(30)28-12-16-5-1-2-6-17(16)13-28/h1-11,14H,12-13H2,(H2,25,26,27). The molecule has 2 heterocycles. The van der Waals surface area contributed by atoms with E-state index in [1.165, 1.54) is 0 Å². The van der Waals surface area contributed by atoms with Crippen LogP contribution in [0, 0.1) is 0 Å². The highest BCUT2D eigenvalue weighted by Gasteiger charge is 2.27. The van der Waals surface area contributed by atoms with E-state index >= 15 is 0 Å². The van der Waals surface area contributed by atoms with E-state index in [9.17, 15) is 9.59 Å². The Hall–Kier alpha value is -4.06. The van der Waals surface area contributed by atoms with Crippen LogP contribution in [0.25, 0.3) is 22.0 Å². The van der Waals surface area contributed by atoms with Crippen LogP contribution in [0.1, 0.15) is 32.0 Å². The van der Waals surface area contributed by atoms with Gasteiger partial charge in [0.25, 0.3) is 5.91 Å². The van der Waals surface area contributed by atoms with Crippen LogP contribution < -0.4 is 5.73 Å². The summed E-state index contributed by atoms with van der Waals surface area (Å²) in [5, 5.41) is 0.614. The van der Waals surface area contributed by atoms with Crippen molar-refractivity contribution < 1.29 is 9.59 Å². The summed E-state index contributed by atoms with van der Waals surface area (Å²) in [4.78, 5) is 35.2. The van der Waals surface area contributed by atoms with Crippen LogP contribution in [-0.4, -0.2) is 27.1 Å². The number of rotatable bonds is 3. The molecule has 6 nitrogen and oxygen atoms in total.